The van der Waals surface area contributed by atoms with E-state index in [9.17, 15) is 9.90 Å². The van der Waals surface area contributed by atoms with Gasteiger partial charge in [-0.15, -0.1) is 0 Å². The van der Waals surface area contributed by atoms with E-state index in [1.807, 2.05) is 36.5 Å². The van der Waals surface area contributed by atoms with Crippen molar-refractivity contribution < 1.29 is 9.90 Å². The Morgan fingerprint density at radius 2 is 1.54 bits per heavy atom. The Balaban J connectivity index is 1.61. The molecule has 0 aliphatic rings. The van der Waals surface area contributed by atoms with Crippen molar-refractivity contribution in [2.24, 2.45) is 0 Å². The third-order valence-electron chi connectivity index (χ3n) is 4.43. The second-order valence-electron chi connectivity index (χ2n) is 6.46. The fraction of sp³-hybridized carbons (Fsp3) is 0.227. The molecule has 0 aliphatic carbocycles. The number of para-hydroxylation sites is 1. The Bertz CT molecular complexity index is 872. The normalized spacial score (nSPS) is 11.7. The zero-order valence-corrected chi connectivity index (χ0v) is 15.6. The van der Waals surface area contributed by atoms with Crippen molar-refractivity contribution >= 4 is 5.91 Å². The molecule has 2 aromatic heterocycles. The number of hydrogen-bond acceptors (Lipinski definition) is 5. The number of carbonyl (C=O) groups excluding carboxylic acids is 1. The van der Waals surface area contributed by atoms with Crippen LogP contribution in [0.25, 0.3) is 0 Å². The number of pyridine rings is 2. The molecule has 6 heteroatoms. The van der Waals surface area contributed by atoms with Gasteiger partial charge in [-0.25, -0.2) is 0 Å². The summed E-state index contributed by atoms with van der Waals surface area (Å²) in [5.41, 5.74) is 2.71. The minimum atomic E-state index is -0.633. The van der Waals surface area contributed by atoms with Crippen molar-refractivity contribution in [2.75, 3.05) is 13.1 Å². The summed E-state index contributed by atoms with van der Waals surface area (Å²) in [6.45, 7) is 1.08. The third kappa shape index (κ3) is 5.62. The predicted octanol–water partition coefficient (Wildman–Crippen LogP) is 2.41. The summed E-state index contributed by atoms with van der Waals surface area (Å²) >= 11 is 0. The molecule has 0 aliphatic heterocycles. The number of phenols is 1. The number of aromatic hydroxyl groups is 1. The van der Waals surface area contributed by atoms with Gasteiger partial charge in [-0.05, 0) is 42.2 Å². The quantitative estimate of drug-likeness (QED) is 0.534. The second kappa shape index (κ2) is 10.2. The summed E-state index contributed by atoms with van der Waals surface area (Å²) in [5.74, 6) is -0.0691. The van der Waals surface area contributed by atoms with Gasteiger partial charge < -0.3 is 15.7 Å². The number of phenolic OH excluding ortho intramolecular Hbond substituents is 1. The Morgan fingerprint density at radius 3 is 2.14 bits per heavy atom. The molecule has 0 saturated heterocycles. The predicted molar refractivity (Wildman–Crippen MR) is 108 cm³/mol. The lowest BCUT2D eigenvalue weighted by molar-refractivity contribution is -0.123. The molecule has 0 bridgehead atoms. The highest BCUT2D eigenvalue weighted by molar-refractivity contribution is 5.84. The van der Waals surface area contributed by atoms with Crippen LogP contribution in [0.15, 0.2) is 73.3 Å². The van der Waals surface area contributed by atoms with E-state index in [2.05, 4.69) is 20.6 Å². The summed E-state index contributed by atoms with van der Waals surface area (Å²) in [6, 6.07) is 14.0. The van der Waals surface area contributed by atoms with E-state index in [-0.39, 0.29) is 11.7 Å². The molecule has 1 aromatic carbocycles. The van der Waals surface area contributed by atoms with Crippen LogP contribution in [0.4, 0.5) is 0 Å². The minimum Gasteiger partial charge on any atom is -0.508 e. The average molecular weight is 376 g/mol. The van der Waals surface area contributed by atoms with E-state index in [0.29, 0.717) is 25.1 Å². The van der Waals surface area contributed by atoms with Gasteiger partial charge in [0.2, 0.25) is 5.91 Å². The zero-order chi connectivity index (χ0) is 19.6. The van der Waals surface area contributed by atoms with Crippen LogP contribution >= 0.6 is 0 Å². The molecular formula is C22H24N4O2. The van der Waals surface area contributed by atoms with Crippen molar-refractivity contribution in [1.29, 1.82) is 0 Å². The number of rotatable bonds is 9. The highest BCUT2D eigenvalue weighted by Crippen LogP contribution is 2.23. The Labute approximate surface area is 164 Å². The van der Waals surface area contributed by atoms with Gasteiger partial charge in [0, 0.05) is 43.4 Å². The minimum absolute atomic E-state index is 0.101. The Kier molecular flexibility index (Phi) is 7.09. The molecule has 6 nitrogen and oxygen atoms in total. The molecule has 0 radical (unpaired) electrons. The first-order valence-corrected chi connectivity index (χ1v) is 9.31. The number of benzene rings is 1. The van der Waals surface area contributed by atoms with Crippen molar-refractivity contribution in [3.05, 3.63) is 90.0 Å². The fourth-order valence-corrected chi connectivity index (χ4v) is 2.96. The molecular weight excluding hydrogens is 352 g/mol. The molecule has 2 heterocycles. The second-order valence-corrected chi connectivity index (χ2v) is 6.46. The number of hydrogen-bond donors (Lipinski definition) is 3. The Hall–Kier alpha value is -3.25. The highest BCUT2D eigenvalue weighted by Gasteiger charge is 2.22. The average Bonchev–Trinajstić information content (AvgIpc) is 2.73. The Morgan fingerprint density at radius 1 is 0.893 bits per heavy atom. The van der Waals surface area contributed by atoms with E-state index >= 15 is 0 Å². The number of amides is 1. The van der Waals surface area contributed by atoms with Crippen LogP contribution in [0.2, 0.25) is 0 Å². The molecule has 3 aromatic rings. The summed E-state index contributed by atoms with van der Waals surface area (Å²) < 4.78 is 0. The molecule has 0 spiro atoms. The van der Waals surface area contributed by atoms with E-state index in [0.717, 1.165) is 17.5 Å². The van der Waals surface area contributed by atoms with E-state index in [4.69, 9.17) is 0 Å². The molecule has 28 heavy (non-hydrogen) atoms. The first kappa shape index (κ1) is 19.5. The molecule has 1 amide bonds. The lowest BCUT2D eigenvalue weighted by Crippen LogP contribution is -2.39. The van der Waals surface area contributed by atoms with Crippen LogP contribution in [0.1, 0.15) is 22.7 Å². The van der Waals surface area contributed by atoms with Crippen LogP contribution < -0.4 is 10.6 Å². The van der Waals surface area contributed by atoms with Crippen molar-refractivity contribution in [2.45, 2.75) is 18.9 Å². The van der Waals surface area contributed by atoms with Gasteiger partial charge in [-0.3, -0.25) is 14.8 Å². The maximum Gasteiger partial charge on any atom is 0.241 e. The number of aromatic nitrogens is 2. The standard InChI is InChI=1S/C22H24N4O2/c27-20-8-2-1-7-19(20)21(25-13-9-17-5-3-11-23-15-17)22(28)26-14-10-18-6-4-12-24-16-18/h1-8,11-12,15-16,21,25,27H,9-10,13-14H2,(H,26,28). The smallest absolute Gasteiger partial charge is 0.241 e. The maximum absolute atomic E-state index is 12.8. The van der Waals surface area contributed by atoms with Crippen LogP contribution in [0, 0.1) is 0 Å². The van der Waals surface area contributed by atoms with Crippen LogP contribution in [-0.4, -0.2) is 34.1 Å². The zero-order valence-electron chi connectivity index (χ0n) is 15.6. The van der Waals surface area contributed by atoms with Crippen LogP contribution in [0.5, 0.6) is 5.75 Å². The number of nitrogens with one attached hydrogen (secondary N) is 2. The first-order chi connectivity index (χ1) is 13.7. The van der Waals surface area contributed by atoms with E-state index in [1.54, 1.807) is 36.8 Å². The summed E-state index contributed by atoms with van der Waals surface area (Å²) in [4.78, 5) is 21.0. The van der Waals surface area contributed by atoms with Gasteiger partial charge in [0.15, 0.2) is 0 Å². The topological polar surface area (TPSA) is 87.1 Å². The lowest BCUT2D eigenvalue weighted by Gasteiger charge is -2.20. The molecule has 3 N–H and O–H groups in total. The third-order valence-corrected chi connectivity index (χ3v) is 4.43. The van der Waals surface area contributed by atoms with Crippen molar-refractivity contribution in [3.8, 4) is 5.75 Å². The highest BCUT2D eigenvalue weighted by atomic mass is 16.3. The van der Waals surface area contributed by atoms with Crippen LogP contribution in [0.3, 0.4) is 0 Å². The van der Waals surface area contributed by atoms with E-state index < -0.39 is 6.04 Å². The first-order valence-electron chi connectivity index (χ1n) is 9.31. The van der Waals surface area contributed by atoms with Gasteiger partial charge in [-0.1, -0.05) is 30.3 Å². The van der Waals surface area contributed by atoms with Gasteiger partial charge >= 0.3 is 0 Å². The molecule has 0 fully saturated rings. The van der Waals surface area contributed by atoms with Gasteiger partial charge in [0.1, 0.15) is 11.8 Å². The summed E-state index contributed by atoms with van der Waals surface area (Å²) in [6.07, 6.45) is 8.49. The molecule has 1 unspecified atom stereocenters. The molecule has 144 valence electrons. The fourth-order valence-electron chi connectivity index (χ4n) is 2.96. The summed E-state index contributed by atoms with van der Waals surface area (Å²) in [5, 5.41) is 16.4. The maximum atomic E-state index is 12.8. The lowest BCUT2D eigenvalue weighted by atomic mass is 10.0. The molecule has 0 saturated carbocycles. The number of carbonyl (C=O) groups is 1. The SMILES string of the molecule is O=C(NCCc1cccnc1)C(NCCc1cccnc1)c1ccccc1O. The van der Waals surface area contributed by atoms with Gasteiger partial charge in [0.25, 0.3) is 0 Å². The van der Waals surface area contributed by atoms with Gasteiger partial charge in [0.05, 0.1) is 0 Å². The van der Waals surface area contributed by atoms with Crippen molar-refractivity contribution in [1.82, 2.24) is 20.6 Å². The van der Waals surface area contributed by atoms with Gasteiger partial charge in [-0.2, -0.15) is 0 Å². The monoisotopic (exact) mass is 376 g/mol. The molecule has 3 rings (SSSR count). The number of nitrogens with zero attached hydrogens (tertiary/aromatic N) is 2. The largest absolute Gasteiger partial charge is 0.508 e. The molecule has 1 atom stereocenters. The summed E-state index contributed by atoms with van der Waals surface area (Å²) in [7, 11) is 0. The van der Waals surface area contributed by atoms with Crippen molar-refractivity contribution in [3.63, 3.8) is 0 Å². The van der Waals surface area contributed by atoms with E-state index in [1.165, 1.54) is 0 Å². The van der Waals surface area contributed by atoms with Crippen LogP contribution in [-0.2, 0) is 17.6 Å².